The number of hydrogen-bond donors (Lipinski definition) is 2. The standard InChI is InChI=1S/C18H22N2O2/c1-12-8-7-10-15(13(12)2)20-18(21)14(3)19-16-9-5-6-11-17(16)22-4/h5-11,14,19H,1-4H3,(H,20,21). The van der Waals surface area contributed by atoms with Gasteiger partial charge in [-0.1, -0.05) is 24.3 Å². The van der Waals surface area contributed by atoms with Crippen molar-refractivity contribution < 1.29 is 9.53 Å². The Hall–Kier alpha value is -2.49. The number of rotatable bonds is 5. The van der Waals surface area contributed by atoms with E-state index < -0.39 is 0 Å². The highest BCUT2D eigenvalue weighted by Gasteiger charge is 2.15. The first kappa shape index (κ1) is 15.9. The first-order valence-corrected chi connectivity index (χ1v) is 7.29. The number of amides is 1. The minimum absolute atomic E-state index is 0.0837. The molecule has 0 radical (unpaired) electrons. The summed E-state index contributed by atoms with van der Waals surface area (Å²) in [6.45, 7) is 5.86. The van der Waals surface area contributed by atoms with E-state index in [1.165, 1.54) is 0 Å². The van der Waals surface area contributed by atoms with Gasteiger partial charge in [-0.05, 0) is 50.1 Å². The summed E-state index contributed by atoms with van der Waals surface area (Å²) in [5.41, 5.74) is 3.88. The van der Waals surface area contributed by atoms with Gasteiger partial charge in [0.2, 0.25) is 5.91 Å². The summed E-state index contributed by atoms with van der Waals surface area (Å²) >= 11 is 0. The molecule has 0 aliphatic heterocycles. The highest BCUT2D eigenvalue weighted by Crippen LogP contribution is 2.24. The zero-order valence-electron chi connectivity index (χ0n) is 13.4. The molecule has 1 atom stereocenters. The lowest BCUT2D eigenvalue weighted by Crippen LogP contribution is -2.32. The van der Waals surface area contributed by atoms with Crippen molar-refractivity contribution in [2.75, 3.05) is 17.7 Å². The Morgan fingerprint density at radius 3 is 2.45 bits per heavy atom. The molecule has 0 aliphatic rings. The Kier molecular flexibility index (Phi) is 5.04. The highest BCUT2D eigenvalue weighted by atomic mass is 16.5. The van der Waals surface area contributed by atoms with Crippen LogP contribution in [0, 0.1) is 13.8 Å². The van der Waals surface area contributed by atoms with Gasteiger partial charge >= 0.3 is 0 Å². The van der Waals surface area contributed by atoms with Crippen molar-refractivity contribution >= 4 is 17.3 Å². The Bertz CT molecular complexity index is 668. The summed E-state index contributed by atoms with van der Waals surface area (Å²) in [7, 11) is 1.61. The summed E-state index contributed by atoms with van der Waals surface area (Å²) < 4.78 is 5.28. The Morgan fingerprint density at radius 1 is 1.05 bits per heavy atom. The number of anilines is 2. The van der Waals surface area contributed by atoms with Gasteiger partial charge in [-0.25, -0.2) is 0 Å². The van der Waals surface area contributed by atoms with E-state index >= 15 is 0 Å². The van der Waals surface area contributed by atoms with Crippen LogP contribution in [0.2, 0.25) is 0 Å². The maximum absolute atomic E-state index is 12.4. The molecule has 0 saturated carbocycles. The van der Waals surface area contributed by atoms with Gasteiger partial charge in [-0.3, -0.25) is 4.79 Å². The molecule has 2 N–H and O–H groups in total. The number of methoxy groups -OCH3 is 1. The zero-order chi connectivity index (χ0) is 16.1. The summed E-state index contributed by atoms with van der Waals surface area (Å²) in [4.78, 5) is 12.4. The molecule has 1 amide bonds. The number of carbonyl (C=O) groups excluding carboxylic acids is 1. The minimum atomic E-state index is -0.379. The fourth-order valence-electron chi connectivity index (χ4n) is 2.19. The van der Waals surface area contributed by atoms with Gasteiger partial charge < -0.3 is 15.4 Å². The second-order valence-corrected chi connectivity index (χ2v) is 5.30. The maximum Gasteiger partial charge on any atom is 0.246 e. The molecule has 0 spiro atoms. The number of ether oxygens (including phenoxy) is 1. The fraction of sp³-hybridized carbons (Fsp3) is 0.278. The maximum atomic E-state index is 12.4. The molecule has 0 bridgehead atoms. The number of para-hydroxylation sites is 2. The van der Waals surface area contributed by atoms with E-state index in [1.54, 1.807) is 7.11 Å². The minimum Gasteiger partial charge on any atom is -0.495 e. The van der Waals surface area contributed by atoms with Crippen molar-refractivity contribution in [3.8, 4) is 5.75 Å². The average Bonchev–Trinajstić information content (AvgIpc) is 2.52. The van der Waals surface area contributed by atoms with Crippen molar-refractivity contribution in [1.82, 2.24) is 0 Å². The van der Waals surface area contributed by atoms with Crippen LogP contribution in [0.15, 0.2) is 42.5 Å². The van der Waals surface area contributed by atoms with E-state index in [1.807, 2.05) is 63.2 Å². The van der Waals surface area contributed by atoms with Gasteiger partial charge in [-0.2, -0.15) is 0 Å². The van der Waals surface area contributed by atoms with Crippen LogP contribution in [0.5, 0.6) is 5.75 Å². The van der Waals surface area contributed by atoms with Crippen LogP contribution in [-0.2, 0) is 4.79 Å². The Balaban J connectivity index is 2.08. The zero-order valence-corrected chi connectivity index (χ0v) is 13.4. The summed E-state index contributed by atoms with van der Waals surface area (Å²) in [6.07, 6.45) is 0. The van der Waals surface area contributed by atoms with E-state index in [9.17, 15) is 4.79 Å². The second kappa shape index (κ2) is 6.98. The van der Waals surface area contributed by atoms with Gasteiger partial charge in [0, 0.05) is 5.69 Å². The monoisotopic (exact) mass is 298 g/mol. The Morgan fingerprint density at radius 2 is 1.73 bits per heavy atom. The predicted octanol–water partition coefficient (Wildman–Crippen LogP) is 3.75. The van der Waals surface area contributed by atoms with Crippen LogP contribution < -0.4 is 15.4 Å². The molecule has 4 nitrogen and oxygen atoms in total. The number of hydrogen-bond acceptors (Lipinski definition) is 3. The van der Waals surface area contributed by atoms with Gasteiger partial charge in [0.05, 0.1) is 12.8 Å². The Labute approximate surface area is 131 Å². The normalized spacial score (nSPS) is 11.6. The topological polar surface area (TPSA) is 50.4 Å². The molecule has 0 heterocycles. The molecule has 0 fully saturated rings. The number of nitrogens with one attached hydrogen (secondary N) is 2. The van der Waals surface area contributed by atoms with Crippen LogP contribution in [0.3, 0.4) is 0 Å². The lowest BCUT2D eigenvalue weighted by atomic mass is 10.1. The second-order valence-electron chi connectivity index (χ2n) is 5.30. The van der Waals surface area contributed by atoms with Crippen molar-refractivity contribution in [2.24, 2.45) is 0 Å². The van der Waals surface area contributed by atoms with E-state index in [0.29, 0.717) is 5.75 Å². The van der Waals surface area contributed by atoms with E-state index in [4.69, 9.17) is 4.74 Å². The molecule has 2 rings (SSSR count). The number of aryl methyl sites for hydroxylation is 1. The van der Waals surface area contributed by atoms with Crippen molar-refractivity contribution in [2.45, 2.75) is 26.8 Å². The average molecular weight is 298 g/mol. The van der Waals surface area contributed by atoms with Crippen LogP contribution in [0.25, 0.3) is 0 Å². The third-order valence-corrected chi connectivity index (χ3v) is 3.73. The van der Waals surface area contributed by atoms with E-state index in [0.717, 1.165) is 22.5 Å². The molecule has 116 valence electrons. The van der Waals surface area contributed by atoms with E-state index in [2.05, 4.69) is 10.6 Å². The molecule has 0 aliphatic carbocycles. The van der Waals surface area contributed by atoms with E-state index in [-0.39, 0.29) is 11.9 Å². The fourth-order valence-corrected chi connectivity index (χ4v) is 2.19. The third-order valence-electron chi connectivity index (χ3n) is 3.73. The lowest BCUT2D eigenvalue weighted by Gasteiger charge is -2.18. The summed E-state index contributed by atoms with van der Waals surface area (Å²) in [5.74, 6) is 0.633. The first-order valence-electron chi connectivity index (χ1n) is 7.29. The van der Waals surface area contributed by atoms with Crippen LogP contribution in [-0.4, -0.2) is 19.1 Å². The predicted molar refractivity (Wildman–Crippen MR) is 90.6 cm³/mol. The molecule has 2 aromatic carbocycles. The van der Waals surface area contributed by atoms with Gasteiger partial charge in [-0.15, -0.1) is 0 Å². The molecule has 2 aromatic rings. The lowest BCUT2D eigenvalue weighted by molar-refractivity contribution is -0.116. The molecule has 4 heteroatoms. The van der Waals surface area contributed by atoms with Gasteiger partial charge in [0.25, 0.3) is 0 Å². The van der Waals surface area contributed by atoms with Gasteiger partial charge in [0.1, 0.15) is 11.8 Å². The number of carbonyl (C=O) groups is 1. The molecule has 1 unspecified atom stereocenters. The third kappa shape index (κ3) is 3.58. The highest BCUT2D eigenvalue weighted by molar-refractivity contribution is 5.97. The van der Waals surface area contributed by atoms with Gasteiger partial charge in [0.15, 0.2) is 0 Å². The van der Waals surface area contributed by atoms with Crippen molar-refractivity contribution in [1.29, 1.82) is 0 Å². The first-order chi connectivity index (χ1) is 10.5. The molecule has 0 aromatic heterocycles. The molecule has 22 heavy (non-hydrogen) atoms. The molecular formula is C18H22N2O2. The van der Waals surface area contributed by atoms with Crippen LogP contribution >= 0.6 is 0 Å². The summed E-state index contributed by atoms with van der Waals surface area (Å²) in [6, 6.07) is 13.0. The van der Waals surface area contributed by atoms with Crippen LogP contribution in [0.4, 0.5) is 11.4 Å². The molecule has 0 saturated heterocycles. The largest absolute Gasteiger partial charge is 0.495 e. The summed E-state index contributed by atoms with van der Waals surface area (Å²) in [5, 5.41) is 6.14. The SMILES string of the molecule is COc1ccccc1NC(C)C(=O)Nc1cccc(C)c1C. The molecular weight excluding hydrogens is 276 g/mol. The van der Waals surface area contributed by atoms with Crippen molar-refractivity contribution in [3.63, 3.8) is 0 Å². The van der Waals surface area contributed by atoms with Crippen LogP contribution in [0.1, 0.15) is 18.1 Å². The quantitative estimate of drug-likeness (QED) is 0.884. The number of benzene rings is 2. The smallest absolute Gasteiger partial charge is 0.246 e. The van der Waals surface area contributed by atoms with Crippen molar-refractivity contribution in [3.05, 3.63) is 53.6 Å².